The number of benzene rings is 1. The first-order valence-corrected chi connectivity index (χ1v) is 5.56. The van der Waals surface area contributed by atoms with Crippen LogP contribution in [-0.4, -0.2) is 19.2 Å². The molecule has 1 saturated carbocycles. The van der Waals surface area contributed by atoms with E-state index in [0.717, 1.165) is 19.3 Å². The third-order valence-corrected chi connectivity index (χ3v) is 3.07. The number of nitrogens with two attached hydrogens (primary N) is 1. The first-order valence-electron chi connectivity index (χ1n) is 5.56. The number of nitrogens with one attached hydrogen (secondary N) is 1. The molecule has 0 bridgehead atoms. The van der Waals surface area contributed by atoms with Crippen LogP contribution in [0.3, 0.4) is 0 Å². The molecule has 2 atom stereocenters. The van der Waals surface area contributed by atoms with Crippen molar-refractivity contribution < 1.29 is 9.13 Å². The van der Waals surface area contributed by atoms with Crippen molar-refractivity contribution in [3.05, 3.63) is 24.0 Å². The second-order valence-electron chi connectivity index (χ2n) is 4.19. The number of methoxy groups -OCH3 is 1. The summed E-state index contributed by atoms with van der Waals surface area (Å²) in [5, 5.41) is 3.26. The third kappa shape index (κ3) is 2.27. The van der Waals surface area contributed by atoms with Crippen molar-refractivity contribution in [2.24, 2.45) is 5.73 Å². The maximum absolute atomic E-state index is 13.1. The van der Waals surface area contributed by atoms with Gasteiger partial charge >= 0.3 is 0 Å². The molecular weight excluding hydrogens is 207 g/mol. The van der Waals surface area contributed by atoms with E-state index in [2.05, 4.69) is 5.32 Å². The fraction of sp³-hybridized carbons (Fsp3) is 0.500. The lowest BCUT2D eigenvalue weighted by atomic mass is 10.1. The van der Waals surface area contributed by atoms with Gasteiger partial charge in [-0.1, -0.05) is 0 Å². The van der Waals surface area contributed by atoms with Crippen LogP contribution >= 0.6 is 0 Å². The monoisotopic (exact) mass is 224 g/mol. The Morgan fingerprint density at radius 2 is 2.25 bits per heavy atom. The maximum atomic E-state index is 13.1. The molecule has 0 spiro atoms. The van der Waals surface area contributed by atoms with E-state index in [1.807, 2.05) is 0 Å². The fourth-order valence-electron chi connectivity index (χ4n) is 2.16. The third-order valence-electron chi connectivity index (χ3n) is 3.07. The van der Waals surface area contributed by atoms with Crippen molar-refractivity contribution in [3.8, 4) is 5.75 Å². The molecule has 1 aliphatic carbocycles. The van der Waals surface area contributed by atoms with E-state index < -0.39 is 0 Å². The molecule has 2 unspecified atom stereocenters. The maximum Gasteiger partial charge on any atom is 0.142 e. The topological polar surface area (TPSA) is 47.3 Å². The quantitative estimate of drug-likeness (QED) is 0.826. The Kier molecular flexibility index (Phi) is 3.29. The normalized spacial score (nSPS) is 24.4. The second-order valence-corrected chi connectivity index (χ2v) is 4.19. The number of rotatable bonds is 3. The van der Waals surface area contributed by atoms with Crippen LogP contribution < -0.4 is 15.8 Å². The van der Waals surface area contributed by atoms with Crippen LogP contribution in [0.15, 0.2) is 18.2 Å². The highest BCUT2D eigenvalue weighted by Crippen LogP contribution is 2.29. The molecule has 0 saturated heterocycles. The lowest BCUT2D eigenvalue weighted by molar-refractivity contribution is 0.414. The molecule has 0 amide bonds. The summed E-state index contributed by atoms with van der Waals surface area (Å²) >= 11 is 0. The van der Waals surface area contributed by atoms with Gasteiger partial charge in [0, 0.05) is 18.2 Å². The zero-order chi connectivity index (χ0) is 11.5. The lowest BCUT2D eigenvalue weighted by Crippen LogP contribution is -2.35. The first-order chi connectivity index (χ1) is 7.70. The summed E-state index contributed by atoms with van der Waals surface area (Å²) in [6, 6.07) is 4.82. The Labute approximate surface area is 94.8 Å². The predicted molar refractivity (Wildman–Crippen MR) is 62.2 cm³/mol. The minimum absolute atomic E-state index is 0.146. The highest BCUT2D eigenvalue weighted by molar-refractivity contribution is 5.57. The van der Waals surface area contributed by atoms with E-state index in [9.17, 15) is 4.39 Å². The van der Waals surface area contributed by atoms with Gasteiger partial charge in [-0.05, 0) is 31.4 Å². The largest absolute Gasteiger partial charge is 0.495 e. The van der Waals surface area contributed by atoms with Crippen molar-refractivity contribution >= 4 is 5.69 Å². The van der Waals surface area contributed by atoms with Gasteiger partial charge in [0.25, 0.3) is 0 Å². The molecule has 2 rings (SSSR count). The minimum atomic E-state index is -0.269. The second kappa shape index (κ2) is 4.70. The van der Waals surface area contributed by atoms with Gasteiger partial charge in [-0.25, -0.2) is 4.39 Å². The average molecular weight is 224 g/mol. The van der Waals surface area contributed by atoms with Crippen molar-refractivity contribution in [2.75, 3.05) is 12.4 Å². The van der Waals surface area contributed by atoms with Gasteiger partial charge in [0.05, 0.1) is 12.8 Å². The number of ether oxygens (including phenoxy) is 1. The Balaban J connectivity index is 2.16. The zero-order valence-electron chi connectivity index (χ0n) is 9.37. The van der Waals surface area contributed by atoms with E-state index in [1.165, 1.54) is 12.1 Å². The van der Waals surface area contributed by atoms with Crippen LogP contribution in [0, 0.1) is 5.82 Å². The summed E-state index contributed by atoms with van der Waals surface area (Å²) in [5.74, 6) is 0.385. The number of hydrogen-bond acceptors (Lipinski definition) is 3. The Hall–Kier alpha value is -1.29. The van der Waals surface area contributed by atoms with Crippen LogP contribution in [0.25, 0.3) is 0 Å². The molecule has 16 heavy (non-hydrogen) atoms. The van der Waals surface area contributed by atoms with Crippen LogP contribution in [0.5, 0.6) is 5.75 Å². The van der Waals surface area contributed by atoms with Gasteiger partial charge in [0.15, 0.2) is 0 Å². The van der Waals surface area contributed by atoms with E-state index in [1.54, 1.807) is 13.2 Å². The molecule has 1 aromatic carbocycles. The van der Waals surface area contributed by atoms with Crippen molar-refractivity contribution in [2.45, 2.75) is 31.3 Å². The van der Waals surface area contributed by atoms with Crippen LogP contribution in [0.4, 0.5) is 10.1 Å². The molecular formula is C12H17FN2O. The zero-order valence-corrected chi connectivity index (χ0v) is 9.37. The summed E-state index contributed by atoms with van der Waals surface area (Å²) in [4.78, 5) is 0. The summed E-state index contributed by atoms with van der Waals surface area (Å²) < 4.78 is 18.3. The molecule has 3 nitrogen and oxygen atoms in total. The van der Waals surface area contributed by atoms with Crippen LogP contribution in [0.2, 0.25) is 0 Å². The molecule has 0 aromatic heterocycles. The highest BCUT2D eigenvalue weighted by Gasteiger charge is 2.24. The highest BCUT2D eigenvalue weighted by atomic mass is 19.1. The fourth-order valence-corrected chi connectivity index (χ4v) is 2.16. The molecule has 0 radical (unpaired) electrons. The number of anilines is 1. The average Bonchev–Trinajstić information content (AvgIpc) is 2.65. The van der Waals surface area contributed by atoms with Gasteiger partial charge in [0.1, 0.15) is 11.6 Å². The lowest BCUT2D eigenvalue weighted by Gasteiger charge is -2.20. The molecule has 1 aromatic rings. The van der Waals surface area contributed by atoms with Gasteiger partial charge in [0.2, 0.25) is 0 Å². The molecule has 1 fully saturated rings. The van der Waals surface area contributed by atoms with Crippen LogP contribution in [-0.2, 0) is 0 Å². The van der Waals surface area contributed by atoms with Gasteiger partial charge in [-0.2, -0.15) is 0 Å². The molecule has 0 heterocycles. The molecule has 3 N–H and O–H groups in total. The summed E-state index contributed by atoms with van der Waals surface area (Å²) in [5.41, 5.74) is 6.64. The summed E-state index contributed by atoms with van der Waals surface area (Å²) in [6.45, 7) is 0. The van der Waals surface area contributed by atoms with Gasteiger partial charge in [-0.15, -0.1) is 0 Å². The van der Waals surface area contributed by atoms with Crippen molar-refractivity contribution in [1.82, 2.24) is 0 Å². The Morgan fingerprint density at radius 3 is 2.88 bits per heavy atom. The molecule has 4 heteroatoms. The van der Waals surface area contributed by atoms with Crippen LogP contribution in [0.1, 0.15) is 19.3 Å². The van der Waals surface area contributed by atoms with E-state index in [-0.39, 0.29) is 17.9 Å². The minimum Gasteiger partial charge on any atom is -0.495 e. The van der Waals surface area contributed by atoms with Gasteiger partial charge in [-0.3, -0.25) is 0 Å². The van der Waals surface area contributed by atoms with Gasteiger partial charge < -0.3 is 15.8 Å². The number of hydrogen-bond donors (Lipinski definition) is 2. The smallest absolute Gasteiger partial charge is 0.142 e. The summed E-state index contributed by atoms with van der Waals surface area (Å²) in [6.07, 6.45) is 3.17. The summed E-state index contributed by atoms with van der Waals surface area (Å²) in [7, 11) is 1.58. The SMILES string of the molecule is COc1ccc(F)cc1NC1CCCC1N. The van der Waals surface area contributed by atoms with E-state index in [4.69, 9.17) is 10.5 Å². The Morgan fingerprint density at radius 1 is 1.44 bits per heavy atom. The molecule has 88 valence electrons. The first kappa shape index (κ1) is 11.2. The van der Waals surface area contributed by atoms with E-state index >= 15 is 0 Å². The Bertz CT molecular complexity index is 370. The molecule has 1 aliphatic rings. The van der Waals surface area contributed by atoms with E-state index in [0.29, 0.717) is 11.4 Å². The standard InChI is InChI=1S/C12H17FN2O/c1-16-12-6-5-8(13)7-11(12)15-10-4-2-3-9(10)14/h5-7,9-10,15H,2-4,14H2,1H3. The van der Waals surface area contributed by atoms with Crippen molar-refractivity contribution in [3.63, 3.8) is 0 Å². The molecule has 0 aliphatic heterocycles. The predicted octanol–water partition coefficient (Wildman–Crippen LogP) is 2.13. The van der Waals surface area contributed by atoms with Crippen molar-refractivity contribution in [1.29, 1.82) is 0 Å². The number of halogens is 1.